The largest absolute Gasteiger partial charge is 0.351 e. The maximum Gasteiger partial charge on any atom is 0.261 e. The SMILES string of the molecule is C=C(C)CNC(=O)CNC(=O)c1cccs1. The molecule has 1 rings (SSSR count). The predicted molar refractivity (Wildman–Crippen MR) is 64.5 cm³/mol. The lowest BCUT2D eigenvalue weighted by Crippen LogP contribution is -2.37. The van der Waals surface area contributed by atoms with Crippen LogP contribution in [0.25, 0.3) is 0 Å². The van der Waals surface area contributed by atoms with Gasteiger partial charge in [-0.15, -0.1) is 11.3 Å². The number of hydrogen-bond donors (Lipinski definition) is 2. The fourth-order valence-electron chi connectivity index (χ4n) is 0.967. The highest BCUT2D eigenvalue weighted by atomic mass is 32.1. The maximum absolute atomic E-state index is 11.5. The van der Waals surface area contributed by atoms with E-state index in [0.717, 1.165) is 5.57 Å². The summed E-state index contributed by atoms with van der Waals surface area (Å²) in [6.45, 7) is 5.91. The van der Waals surface area contributed by atoms with Crippen LogP contribution in [-0.2, 0) is 4.79 Å². The number of rotatable bonds is 5. The van der Waals surface area contributed by atoms with Crippen molar-refractivity contribution in [1.82, 2.24) is 10.6 Å². The summed E-state index contributed by atoms with van der Waals surface area (Å²) in [6, 6.07) is 3.51. The fourth-order valence-corrected chi connectivity index (χ4v) is 1.61. The van der Waals surface area contributed by atoms with Crippen LogP contribution in [0.5, 0.6) is 0 Å². The first-order valence-corrected chi connectivity index (χ1v) is 5.70. The Kier molecular flexibility index (Phi) is 4.72. The standard InChI is InChI=1S/C11H14N2O2S/c1-8(2)6-12-10(14)7-13-11(15)9-4-3-5-16-9/h3-5H,1,6-7H2,2H3,(H,12,14)(H,13,15). The Morgan fingerprint density at radius 3 is 2.69 bits per heavy atom. The molecule has 0 atom stereocenters. The number of thiophene rings is 1. The summed E-state index contributed by atoms with van der Waals surface area (Å²) in [5, 5.41) is 6.99. The van der Waals surface area contributed by atoms with Crippen molar-refractivity contribution in [3.05, 3.63) is 34.5 Å². The van der Waals surface area contributed by atoms with Gasteiger partial charge in [0.05, 0.1) is 11.4 Å². The molecular weight excluding hydrogens is 224 g/mol. The van der Waals surface area contributed by atoms with Crippen LogP contribution in [0, 0.1) is 0 Å². The first-order chi connectivity index (χ1) is 7.59. The van der Waals surface area contributed by atoms with Crippen LogP contribution in [0.2, 0.25) is 0 Å². The van der Waals surface area contributed by atoms with Crippen LogP contribution >= 0.6 is 11.3 Å². The van der Waals surface area contributed by atoms with Gasteiger partial charge in [0.15, 0.2) is 0 Å². The van der Waals surface area contributed by atoms with E-state index in [0.29, 0.717) is 11.4 Å². The number of nitrogens with one attached hydrogen (secondary N) is 2. The summed E-state index contributed by atoms with van der Waals surface area (Å²) in [5.74, 6) is -0.437. The molecule has 4 nitrogen and oxygen atoms in total. The molecule has 2 amide bonds. The van der Waals surface area contributed by atoms with Crippen molar-refractivity contribution < 1.29 is 9.59 Å². The molecule has 5 heteroatoms. The zero-order valence-corrected chi connectivity index (χ0v) is 9.89. The molecule has 0 radical (unpaired) electrons. The highest BCUT2D eigenvalue weighted by molar-refractivity contribution is 7.12. The van der Waals surface area contributed by atoms with Gasteiger partial charge in [-0.3, -0.25) is 9.59 Å². The third kappa shape index (κ3) is 4.27. The topological polar surface area (TPSA) is 58.2 Å². The van der Waals surface area contributed by atoms with E-state index < -0.39 is 0 Å². The zero-order valence-electron chi connectivity index (χ0n) is 9.08. The third-order valence-electron chi connectivity index (χ3n) is 1.74. The molecule has 86 valence electrons. The van der Waals surface area contributed by atoms with E-state index in [4.69, 9.17) is 0 Å². The van der Waals surface area contributed by atoms with Crippen LogP contribution in [0.3, 0.4) is 0 Å². The molecule has 0 saturated carbocycles. The van der Waals surface area contributed by atoms with Crippen LogP contribution in [0.4, 0.5) is 0 Å². The van der Waals surface area contributed by atoms with Gasteiger partial charge in [-0.2, -0.15) is 0 Å². The highest BCUT2D eigenvalue weighted by Gasteiger charge is 2.07. The lowest BCUT2D eigenvalue weighted by atomic mass is 10.3. The summed E-state index contributed by atoms with van der Waals surface area (Å²) in [7, 11) is 0. The minimum Gasteiger partial charge on any atom is -0.351 e. The van der Waals surface area contributed by atoms with Crippen molar-refractivity contribution in [2.24, 2.45) is 0 Å². The summed E-state index contributed by atoms with van der Waals surface area (Å²) < 4.78 is 0. The second-order valence-electron chi connectivity index (χ2n) is 3.39. The second-order valence-corrected chi connectivity index (χ2v) is 4.34. The fraction of sp³-hybridized carbons (Fsp3) is 0.273. The first kappa shape index (κ1) is 12.4. The van der Waals surface area contributed by atoms with Crippen molar-refractivity contribution >= 4 is 23.2 Å². The van der Waals surface area contributed by atoms with Gasteiger partial charge < -0.3 is 10.6 Å². The van der Waals surface area contributed by atoms with Crippen molar-refractivity contribution in [2.45, 2.75) is 6.92 Å². The predicted octanol–water partition coefficient (Wildman–Crippen LogP) is 1.17. The van der Waals surface area contributed by atoms with E-state index in [1.54, 1.807) is 12.1 Å². The smallest absolute Gasteiger partial charge is 0.261 e. The van der Waals surface area contributed by atoms with Crippen LogP contribution in [-0.4, -0.2) is 24.9 Å². The van der Waals surface area contributed by atoms with Crippen molar-refractivity contribution in [2.75, 3.05) is 13.1 Å². The molecule has 1 aromatic rings. The number of hydrogen-bond acceptors (Lipinski definition) is 3. The van der Waals surface area contributed by atoms with Gasteiger partial charge >= 0.3 is 0 Å². The van der Waals surface area contributed by atoms with E-state index in [9.17, 15) is 9.59 Å². The van der Waals surface area contributed by atoms with Crippen molar-refractivity contribution in [1.29, 1.82) is 0 Å². The Balaban J connectivity index is 2.27. The molecular formula is C11H14N2O2S. The van der Waals surface area contributed by atoms with Gasteiger partial charge in [-0.25, -0.2) is 0 Å². The number of carbonyl (C=O) groups is 2. The third-order valence-corrected chi connectivity index (χ3v) is 2.61. The maximum atomic E-state index is 11.5. The van der Waals surface area contributed by atoms with Gasteiger partial charge in [0.25, 0.3) is 5.91 Å². The molecule has 0 unspecified atom stereocenters. The molecule has 16 heavy (non-hydrogen) atoms. The Morgan fingerprint density at radius 2 is 2.12 bits per heavy atom. The summed E-state index contributed by atoms with van der Waals surface area (Å²) in [4.78, 5) is 23.3. The number of carbonyl (C=O) groups excluding carboxylic acids is 2. The van der Waals surface area contributed by atoms with E-state index in [2.05, 4.69) is 17.2 Å². The Bertz CT molecular complexity index is 385. The van der Waals surface area contributed by atoms with Gasteiger partial charge in [0.2, 0.25) is 5.91 Å². The Hall–Kier alpha value is -1.62. The highest BCUT2D eigenvalue weighted by Crippen LogP contribution is 2.07. The minimum atomic E-state index is -0.222. The van der Waals surface area contributed by atoms with Crippen LogP contribution in [0.15, 0.2) is 29.7 Å². The van der Waals surface area contributed by atoms with E-state index in [-0.39, 0.29) is 18.4 Å². The summed E-state index contributed by atoms with van der Waals surface area (Å²) >= 11 is 1.34. The molecule has 0 aliphatic carbocycles. The zero-order chi connectivity index (χ0) is 12.0. The van der Waals surface area contributed by atoms with Gasteiger partial charge in [0, 0.05) is 6.54 Å². The van der Waals surface area contributed by atoms with Gasteiger partial charge in [-0.1, -0.05) is 18.2 Å². The van der Waals surface area contributed by atoms with E-state index in [1.165, 1.54) is 11.3 Å². The molecule has 1 heterocycles. The normalized spacial score (nSPS) is 9.56. The molecule has 0 bridgehead atoms. The molecule has 0 aliphatic rings. The van der Waals surface area contributed by atoms with Gasteiger partial charge in [0.1, 0.15) is 0 Å². The van der Waals surface area contributed by atoms with E-state index >= 15 is 0 Å². The average molecular weight is 238 g/mol. The Morgan fingerprint density at radius 1 is 1.38 bits per heavy atom. The molecule has 0 aliphatic heterocycles. The molecule has 0 saturated heterocycles. The van der Waals surface area contributed by atoms with Crippen LogP contribution < -0.4 is 10.6 Å². The monoisotopic (exact) mass is 238 g/mol. The molecule has 0 fully saturated rings. The number of amides is 2. The molecule has 0 spiro atoms. The quantitative estimate of drug-likeness (QED) is 0.757. The Labute approximate surface area is 98.4 Å². The first-order valence-electron chi connectivity index (χ1n) is 4.82. The lowest BCUT2D eigenvalue weighted by Gasteiger charge is -2.05. The van der Waals surface area contributed by atoms with Crippen LogP contribution in [0.1, 0.15) is 16.6 Å². The summed E-state index contributed by atoms with van der Waals surface area (Å²) in [6.07, 6.45) is 0. The molecule has 1 aromatic heterocycles. The van der Waals surface area contributed by atoms with Crippen molar-refractivity contribution in [3.8, 4) is 0 Å². The van der Waals surface area contributed by atoms with Crippen molar-refractivity contribution in [3.63, 3.8) is 0 Å². The average Bonchev–Trinajstić information content (AvgIpc) is 2.76. The second kappa shape index (κ2) is 6.07. The van der Waals surface area contributed by atoms with E-state index in [1.807, 2.05) is 12.3 Å². The minimum absolute atomic E-state index is 0.00991. The molecule has 2 N–H and O–H groups in total. The van der Waals surface area contributed by atoms with Gasteiger partial charge in [-0.05, 0) is 18.4 Å². The molecule has 0 aromatic carbocycles. The lowest BCUT2D eigenvalue weighted by molar-refractivity contribution is -0.119. The summed E-state index contributed by atoms with van der Waals surface area (Å²) in [5.41, 5.74) is 0.873.